The first-order chi connectivity index (χ1) is 9.86. The van der Waals surface area contributed by atoms with Crippen LogP contribution in [0.15, 0.2) is 6.33 Å². The van der Waals surface area contributed by atoms with Crippen molar-refractivity contribution < 1.29 is 4.74 Å². The summed E-state index contributed by atoms with van der Waals surface area (Å²) in [7, 11) is 0. The van der Waals surface area contributed by atoms with Crippen molar-refractivity contribution in [3.8, 4) is 5.88 Å². The molecule has 2 N–H and O–H groups in total. The molecule has 0 saturated heterocycles. The van der Waals surface area contributed by atoms with Gasteiger partial charge in [0.15, 0.2) is 5.65 Å². The van der Waals surface area contributed by atoms with Crippen molar-refractivity contribution in [3.05, 3.63) is 6.33 Å². The molecule has 0 unspecified atom stereocenters. The van der Waals surface area contributed by atoms with Gasteiger partial charge in [0.05, 0.1) is 12.9 Å². The minimum absolute atomic E-state index is 0.588. The third kappa shape index (κ3) is 2.84. The van der Waals surface area contributed by atoms with Gasteiger partial charge in [0.2, 0.25) is 11.8 Å². The molecule has 1 aliphatic carbocycles. The Morgan fingerprint density at radius 1 is 1.40 bits per heavy atom. The van der Waals surface area contributed by atoms with Crippen LogP contribution in [0, 0.1) is 5.92 Å². The van der Waals surface area contributed by atoms with Gasteiger partial charge in [-0.2, -0.15) is 9.97 Å². The fraction of sp³-hybridized carbons (Fsp3) is 0.643. The highest BCUT2D eigenvalue weighted by Crippen LogP contribution is 2.29. The van der Waals surface area contributed by atoms with Crippen LogP contribution in [0.25, 0.3) is 11.2 Å². The van der Waals surface area contributed by atoms with Gasteiger partial charge >= 0.3 is 0 Å². The maximum atomic E-state index is 5.84. The zero-order chi connectivity index (χ0) is 13.8. The molecule has 2 heterocycles. The number of hydrogen-bond donors (Lipinski definition) is 2. The van der Waals surface area contributed by atoms with Crippen LogP contribution in [0.2, 0.25) is 0 Å². The molecule has 0 aliphatic heterocycles. The molecule has 2 aromatic rings. The van der Waals surface area contributed by atoms with Gasteiger partial charge in [0, 0.05) is 6.54 Å². The molecule has 3 rings (SSSR count). The molecule has 0 bridgehead atoms. The van der Waals surface area contributed by atoms with Gasteiger partial charge in [-0.05, 0) is 18.8 Å². The lowest BCUT2D eigenvalue weighted by Crippen LogP contribution is -2.15. The molecule has 0 radical (unpaired) electrons. The number of ether oxygens (including phenoxy) is 1. The van der Waals surface area contributed by atoms with E-state index < -0.39 is 0 Å². The molecule has 1 aliphatic rings. The number of nitrogens with zero attached hydrogens (tertiary/aromatic N) is 3. The van der Waals surface area contributed by atoms with E-state index in [9.17, 15) is 0 Å². The van der Waals surface area contributed by atoms with Crippen molar-refractivity contribution >= 4 is 17.1 Å². The first-order valence-electron chi connectivity index (χ1n) is 7.44. The summed E-state index contributed by atoms with van der Waals surface area (Å²) in [5.41, 5.74) is 1.43. The van der Waals surface area contributed by atoms with Gasteiger partial charge in [-0.15, -0.1) is 0 Å². The molecule has 1 fully saturated rings. The molecule has 2 aromatic heterocycles. The SMILES string of the molecule is CCCNc1nc(OCCC2CCC2)c2[nH]cnc2n1. The number of rotatable bonds is 7. The average molecular weight is 275 g/mol. The monoisotopic (exact) mass is 275 g/mol. The number of anilines is 1. The predicted molar refractivity (Wildman–Crippen MR) is 77.9 cm³/mol. The quantitative estimate of drug-likeness (QED) is 0.812. The van der Waals surface area contributed by atoms with Gasteiger partial charge in [-0.1, -0.05) is 26.2 Å². The molecule has 108 valence electrons. The number of imidazole rings is 1. The Morgan fingerprint density at radius 2 is 2.30 bits per heavy atom. The van der Waals surface area contributed by atoms with Crippen molar-refractivity contribution in [1.29, 1.82) is 0 Å². The highest BCUT2D eigenvalue weighted by molar-refractivity contribution is 5.76. The highest BCUT2D eigenvalue weighted by atomic mass is 16.5. The zero-order valence-electron chi connectivity index (χ0n) is 11.9. The summed E-state index contributed by atoms with van der Waals surface area (Å²) in [5.74, 6) is 2.03. The highest BCUT2D eigenvalue weighted by Gasteiger charge is 2.18. The molecule has 20 heavy (non-hydrogen) atoms. The molecule has 0 spiro atoms. The number of hydrogen-bond acceptors (Lipinski definition) is 5. The normalized spacial score (nSPS) is 15.2. The molecule has 6 heteroatoms. The third-order valence-electron chi connectivity index (χ3n) is 3.78. The van der Waals surface area contributed by atoms with Crippen molar-refractivity contribution in [1.82, 2.24) is 19.9 Å². The van der Waals surface area contributed by atoms with Crippen LogP contribution >= 0.6 is 0 Å². The van der Waals surface area contributed by atoms with Gasteiger partial charge in [0.1, 0.15) is 5.52 Å². The van der Waals surface area contributed by atoms with Gasteiger partial charge in [0.25, 0.3) is 0 Å². The largest absolute Gasteiger partial charge is 0.476 e. The van der Waals surface area contributed by atoms with E-state index in [1.165, 1.54) is 19.3 Å². The van der Waals surface area contributed by atoms with Crippen LogP contribution in [0.1, 0.15) is 39.0 Å². The van der Waals surface area contributed by atoms with Gasteiger partial charge in [-0.25, -0.2) is 4.98 Å². The summed E-state index contributed by atoms with van der Waals surface area (Å²) in [6.07, 6.45) is 7.82. The second kappa shape index (κ2) is 6.07. The molecular formula is C14H21N5O. The zero-order valence-corrected chi connectivity index (χ0v) is 11.9. The second-order valence-corrected chi connectivity index (χ2v) is 5.31. The Bertz CT molecular complexity index is 564. The van der Waals surface area contributed by atoms with E-state index in [0.29, 0.717) is 24.1 Å². The molecule has 0 amide bonds. The first-order valence-corrected chi connectivity index (χ1v) is 7.44. The van der Waals surface area contributed by atoms with Gasteiger partial charge < -0.3 is 15.0 Å². The minimum Gasteiger partial charge on any atom is -0.476 e. The molecule has 1 saturated carbocycles. The molecule has 0 aromatic carbocycles. The summed E-state index contributed by atoms with van der Waals surface area (Å²) in [6, 6.07) is 0. The lowest BCUT2D eigenvalue weighted by molar-refractivity contribution is 0.219. The third-order valence-corrected chi connectivity index (χ3v) is 3.78. The fourth-order valence-electron chi connectivity index (χ4n) is 2.33. The van der Waals surface area contributed by atoms with Crippen LogP contribution in [0.3, 0.4) is 0 Å². The first kappa shape index (κ1) is 13.1. The predicted octanol–water partition coefficient (Wildman–Crippen LogP) is 2.74. The fourth-order valence-corrected chi connectivity index (χ4v) is 2.33. The lowest BCUT2D eigenvalue weighted by atomic mass is 9.83. The Morgan fingerprint density at radius 3 is 3.05 bits per heavy atom. The standard InChI is InChI=1S/C14H21N5O/c1-2-7-15-14-18-12-11(16-9-17-12)13(19-14)20-8-6-10-4-3-5-10/h9-10H,2-8H2,1H3,(H2,15,16,17,18,19). The van der Waals surface area contributed by atoms with Crippen molar-refractivity contribution in [3.63, 3.8) is 0 Å². The molecular weight excluding hydrogens is 254 g/mol. The van der Waals surface area contributed by atoms with Crippen molar-refractivity contribution in [2.45, 2.75) is 39.0 Å². The smallest absolute Gasteiger partial charge is 0.245 e. The number of nitrogens with one attached hydrogen (secondary N) is 2. The van der Waals surface area contributed by atoms with E-state index in [4.69, 9.17) is 4.74 Å². The maximum Gasteiger partial charge on any atom is 0.245 e. The average Bonchev–Trinajstić information content (AvgIpc) is 2.87. The topological polar surface area (TPSA) is 75.7 Å². The summed E-state index contributed by atoms with van der Waals surface area (Å²) < 4.78 is 5.84. The van der Waals surface area contributed by atoms with E-state index in [1.54, 1.807) is 6.33 Å². The second-order valence-electron chi connectivity index (χ2n) is 5.31. The van der Waals surface area contributed by atoms with Crippen LogP contribution in [-0.2, 0) is 0 Å². The summed E-state index contributed by atoms with van der Waals surface area (Å²) in [5, 5.41) is 3.18. The van der Waals surface area contributed by atoms with E-state index in [-0.39, 0.29) is 0 Å². The Kier molecular flexibility index (Phi) is 3.99. The summed E-state index contributed by atoms with van der Waals surface area (Å²) in [4.78, 5) is 16.0. The number of aromatic nitrogens is 4. The molecule has 6 nitrogen and oxygen atoms in total. The lowest BCUT2D eigenvalue weighted by Gasteiger charge is -2.24. The maximum absolute atomic E-state index is 5.84. The van der Waals surface area contributed by atoms with Gasteiger partial charge in [-0.3, -0.25) is 0 Å². The van der Waals surface area contributed by atoms with Crippen molar-refractivity contribution in [2.24, 2.45) is 5.92 Å². The van der Waals surface area contributed by atoms with E-state index >= 15 is 0 Å². The number of aromatic amines is 1. The van der Waals surface area contributed by atoms with Crippen molar-refractivity contribution in [2.75, 3.05) is 18.5 Å². The Hall–Kier alpha value is -1.85. The summed E-state index contributed by atoms with van der Waals surface area (Å²) in [6.45, 7) is 3.66. The van der Waals surface area contributed by atoms with Crippen LogP contribution in [0.5, 0.6) is 5.88 Å². The molecule has 0 atom stereocenters. The van der Waals surface area contributed by atoms with E-state index in [2.05, 4.69) is 32.2 Å². The van der Waals surface area contributed by atoms with Crippen LogP contribution in [-0.4, -0.2) is 33.1 Å². The Labute approximate surface area is 118 Å². The minimum atomic E-state index is 0.588. The number of H-pyrrole nitrogens is 1. The summed E-state index contributed by atoms with van der Waals surface area (Å²) >= 11 is 0. The van der Waals surface area contributed by atoms with E-state index in [0.717, 1.165) is 30.8 Å². The number of fused-ring (bicyclic) bond motifs is 1. The van der Waals surface area contributed by atoms with E-state index in [1.807, 2.05) is 0 Å². The van der Waals surface area contributed by atoms with Crippen LogP contribution in [0.4, 0.5) is 5.95 Å². The van der Waals surface area contributed by atoms with Crippen LogP contribution < -0.4 is 10.1 Å². The Balaban J connectivity index is 1.70.